The molecule has 0 N–H and O–H groups in total. The second-order valence-corrected chi connectivity index (χ2v) is 8.78. The number of alkyl halides is 9. The van der Waals surface area contributed by atoms with Crippen LogP contribution in [-0.2, 0) is 25.9 Å². The number of rotatable bonds is 3. The lowest BCUT2D eigenvalue weighted by molar-refractivity contribution is -0.137. The topological polar surface area (TPSA) is 68.3 Å². The van der Waals surface area contributed by atoms with Crippen LogP contribution in [0.5, 0.6) is 0 Å². The van der Waals surface area contributed by atoms with Gasteiger partial charge in [-0.2, -0.15) is 39.5 Å². The maximum Gasteiger partial charge on any atom is 0.499 e. The fourth-order valence-electron chi connectivity index (χ4n) is 1.60. The molecule has 25 heavy (non-hydrogen) atoms. The Morgan fingerprint density at radius 1 is 0.640 bits per heavy atom. The van der Waals surface area contributed by atoms with Crippen molar-refractivity contribution in [3.63, 3.8) is 0 Å². The Labute approximate surface area is 134 Å². The fraction of sp³-hybridized carbons (Fsp3) is 0.400. The molecule has 0 spiro atoms. The molecule has 0 heterocycles. The van der Waals surface area contributed by atoms with Gasteiger partial charge in [0.1, 0.15) is 0 Å². The van der Waals surface area contributed by atoms with Crippen LogP contribution in [0, 0.1) is 0 Å². The highest BCUT2D eigenvalue weighted by Crippen LogP contribution is 2.45. The zero-order chi connectivity index (χ0) is 20.1. The highest BCUT2D eigenvalue weighted by atomic mass is 32.3. The van der Waals surface area contributed by atoms with E-state index in [1.165, 1.54) is 0 Å². The van der Waals surface area contributed by atoms with Crippen molar-refractivity contribution < 1.29 is 56.3 Å². The molecule has 0 aliphatic rings. The van der Waals surface area contributed by atoms with E-state index < -0.39 is 52.6 Å². The summed E-state index contributed by atoms with van der Waals surface area (Å²) >= 11 is 0. The van der Waals surface area contributed by atoms with E-state index in [2.05, 4.69) is 0 Å². The molecule has 0 bridgehead atoms. The maximum absolute atomic E-state index is 12.6. The Kier molecular flexibility index (Phi) is 5.20. The van der Waals surface area contributed by atoms with Crippen LogP contribution in [0.3, 0.4) is 0 Å². The molecular formula is C10H5F9O4S2. The molecule has 0 saturated heterocycles. The molecule has 0 fully saturated rings. The Morgan fingerprint density at radius 3 is 1.20 bits per heavy atom. The normalized spacial score (nSPS) is 14.8. The minimum Gasteiger partial charge on any atom is -0.218 e. The van der Waals surface area contributed by atoms with Crippen molar-refractivity contribution in [3.05, 3.63) is 35.4 Å². The zero-order valence-electron chi connectivity index (χ0n) is 11.2. The SMILES string of the molecule is O=S(=O)(C(c1ccc(C(F)(F)F)cc1)S(=O)(=O)C(F)(F)F)C(F)(F)F. The lowest BCUT2D eigenvalue weighted by atomic mass is 10.1. The van der Waals surface area contributed by atoms with Crippen LogP contribution in [0.25, 0.3) is 0 Å². The first-order chi connectivity index (χ1) is 10.8. The van der Waals surface area contributed by atoms with Gasteiger partial charge in [0.25, 0.3) is 19.7 Å². The van der Waals surface area contributed by atoms with E-state index >= 15 is 0 Å². The van der Waals surface area contributed by atoms with Crippen molar-refractivity contribution >= 4 is 19.7 Å². The standard InChI is InChI=1S/C10H5F9O4S2/c11-8(12,13)6-3-1-5(2-4-6)7(24(20,21)9(14,15)16)25(22,23)10(17,18)19/h1-4,7H. The molecule has 0 radical (unpaired) electrons. The fourth-order valence-corrected chi connectivity index (χ4v) is 5.10. The summed E-state index contributed by atoms with van der Waals surface area (Å²) in [6.07, 6.45) is -5.04. The van der Waals surface area contributed by atoms with Crippen molar-refractivity contribution in [1.29, 1.82) is 0 Å². The monoisotopic (exact) mass is 424 g/mol. The first kappa shape index (κ1) is 21.5. The summed E-state index contributed by atoms with van der Waals surface area (Å²) < 4.78 is 153. The summed E-state index contributed by atoms with van der Waals surface area (Å²) in [4.78, 5) is 0. The van der Waals surface area contributed by atoms with Crippen LogP contribution in [0.2, 0.25) is 0 Å². The van der Waals surface area contributed by atoms with Crippen molar-refractivity contribution in [1.82, 2.24) is 0 Å². The van der Waals surface area contributed by atoms with E-state index in [4.69, 9.17) is 0 Å². The van der Waals surface area contributed by atoms with Gasteiger partial charge in [0, 0.05) is 0 Å². The molecule has 0 amide bonds. The number of benzene rings is 1. The third kappa shape index (κ3) is 4.02. The highest BCUT2D eigenvalue weighted by molar-refractivity contribution is 8.09. The van der Waals surface area contributed by atoms with E-state index in [0.29, 0.717) is 0 Å². The summed E-state index contributed by atoms with van der Waals surface area (Å²) in [7, 11) is -13.9. The molecular weight excluding hydrogens is 419 g/mol. The first-order valence-electron chi connectivity index (χ1n) is 5.61. The van der Waals surface area contributed by atoms with E-state index in [0.717, 1.165) is 0 Å². The van der Waals surface area contributed by atoms with Crippen molar-refractivity contribution in [2.45, 2.75) is 21.8 Å². The van der Waals surface area contributed by atoms with Crippen LogP contribution in [0.1, 0.15) is 15.7 Å². The molecule has 1 rings (SSSR count). The molecule has 0 aliphatic heterocycles. The molecule has 144 valence electrons. The van der Waals surface area contributed by atoms with Crippen molar-refractivity contribution in [2.24, 2.45) is 0 Å². The van der Waals surface area contributed by atoms with Crippen LogP contribution < -0.4 is 0 Å². The van der Waals surface area contributed by atoms with Crippen LogP contribution >= 0.6 is 0 Å². The summed E-state index contributed by atoms with van der Waals surface area (Å²) in [6.45, 7) is 0. The average Bonchev–Trinajstić information content (AvgIpc) is 2.34. The predicted octanol–water partition coefficient (Wildman–Crippen LogP) is 3.57. The zero-order valence-corrected chi connectivity index (χ0v) is 12.9. The summed E-state index contributed by atoms with van der Waals surface area (Å²) in [5.74, 6) is 0. The number of sulfone groups is 2. The molecule has 0 atom stereocenters. The quantitative estimate of drug-likeness (QED) is 0.696. The van der Waals surface area contributed by atoms with Gasteiger partial charge in [-0.3, -0.25) is 0 Å². The van der Waals surface area contributed by atoms with E-state index in [1.807, 2.05) is 0 Å². The smallest absolute Gasteiger partial charge is 0.218 e. The van der Waals surface area contributed by atoms with Gasteiger partial charge in [0.15, 0.2) is 0 Å². The van der Waals surface area contributed by atoms with E-state index in [9.17, 15) is 56.3 Å². The molecule has 0 saturated carbocycles. The Bertz CT molecular complexity index is 786. The summed E-state index contributed by atoms with van der Waals surface area (Å²) in [5, 5.41) is 0. The van der Waals surface area contributed by atoms with Gasteiger partial charge in [-0.1, -0.05) is 12.1 Å². The molecule has 0 aliphatic carbocycles. The minimum absolute atomic E-state index is 0.0415. The van der Waals surface area contributed by atoms with E-state index in [1.54, 1.807) is 0 Å². The lowest BCUT2D eigenvalue weighted by Gasteiger charge is -2.21. The number of halogens is 9. The van der Waals surface area contributed by atoms with E-state index in [-0.39, 0.29) is 24.3 Å². The van der Waals surface area contributed by atoms with Gasteiger partial charge in [0.2, 0.25) is 4.58 Å². The first-order valence-corrected chi connectivity index (χ1v) is 8.70. The number of hydrogen-bond acceptors (Lipinski definition) is 4. The largest absolute Gasteiger partial charge is 0.499 e. The molecule has 4 nitrogen and oxygen atoms in total. The maximum atomic E-state index is 12.6. The Balaban J connectivity index is 3.72. The van der Waals surface area contributed by atoms with Crippen molar-refractivity contribution in [3.8, 4) is 0 Å². The van der Waals surface area contributed by atoms with Crippen LogP contribution in [-0.4, -0.2) is 27.9 Å². The molecule has 15 heteroatoms. The Morgan fingerprint density at radius 2 is 0.960 bits per heavy atom. The third-order valence-corrected chi connectivity index (χ3v) is 7.20. The van der Waals surface area contributed by atoms with Gasteiger partial charge in [-0.15, -0.1) is 0 Å². The second-order valence-electron chi connectivity index (χ2n) is 4.43. The van der Waals surface area contributed by atoms with Gasteiger partial charge in [0.05, 0.1) is 5.56 Å². The molecule has 0 aromatic heterocycles. The van der Waals surface area contributed by atoms with Gasteiger partial charge >= 0.3 is 17.2 Å². The second kappa shape index (κ2) is 6.03. The summed E-state index contributed by atoms with van der Waals surface area (Å²) in [6, 6.07) is -0.250. The third-order valence-electron chi connectivity index (χ3n) is 2.72. The molecule has 1 aromatic rings. The van der Waals surface area contributed by atoms with Gasteiger partial charge in [-0.05, 0) is 17.7 Å². The van der Waals surface area contributed by atoms with Gasteiger partial charge in [-0.25, -0.2) is 16.8 Å². The van der Waals surface area contributed by atoms with Gasteiger partial charge < -0.3 is 0 Å². The molecule has 0 unspecified atom stereocenters. The summed E-state index contributed by atoms with van der Waals surface area (Å²) in [5.41, 5.74) is -16.0. The van der Waals surface area contributed by atoms with Crippen LogP contribution in [0.15, 0.2) is 24.3 Å². The van der Waals surface area contributed by atoms with Crippen molar-refractivity contribution in [2.75, 3.05) is 0 Å². The van der Waals surface area contributed by atoms with Crippen LogP contribution in [0.4, 0.5) is 39.5 Å². The molecule has 1 aromatic carbocycles. The minimum atomic E-state index is -6.97. The predicted molar refractivity (Wildman–Crippen MR) is 64.1 cm³/mol. The average molecular weight is 424 g/mol. The Hall–Kier alpha value is -1.51. The number of hydrogen-bond donors (Lipinski definition) is 0. The lowest BCUT2D eigenvalue weighted by Crippen LogP contribution is -2.39. The highest BCUT2D eigenvalue weighted by Gasteiger charge is 2.63.